The van der Waals surface area contributed by atoms with Gasteiger partial charge in [-0.15, -0.1) is 0 Å². The van der Waals surface area contributed by atoms with Crippen LogP contribution in [0.5, 0.6) is 5.88 Å². The Bertz CT molecular complexity index is 995. The van der Waals surface area contributed by atoms with Gasteiger partial charge in [-0.1, -0.05) is 12.1 Å². The topological polar surface area (TPSA) is 88.6 Å². The largest absolute Gasteiger partial charge is 0.481 e. The SMILES string of the molecule is COc1ccc(CNc2ccc(Cc3c[nH]c4nccnc34)cn2)cn1. The van der Waals surface area contributed by atoms with Gasteiger partial charge in [0.15, 0.2) is 5.65 Å². The van der Waals surface area contributed by atoms with Gasteiger partial charge in [0.2, 0.25) is 5.88 Å². The fraction of sp³-hybridized carbons (Fsp3) is 0.158. The molecule has 0 fully saturated rings. The smallest absolute Gasteiger partial charge is 0.212 e. The van der Waals surface area contributed by atoms with Gasteiger partial charge in [-0.25, -0.2) is 15.0 Å². The number of methoxy groups -OCH3 is 1. The first-order chi connectivity index (χ1) is 12.8. The molecule has 4 heterocycles. The lowest BCUT2D eigenvalue weighted by atomic mass is 10.1. The van der Waals surface area contributed by atoms with E-state index in [1.807, 2.05) is 30.6 Å². The zero-order valence-electron chi connectivity index (χ0n) is 14.3. The van der Waals surface area contributed by atoms with Crippen LogP contribution >= 0.6 is 0 Å². The van der Waals surface area contributed by atoms with E-state index in [1.54, 1.807) is 25.7 Å². The van der Waals surface area contributed by atoms with Crippen LogP contribution in [0.4, 0.5) is 5.82 Å². The number of hydrogen-bond donors (Lipinski definition) is 2. The van der Waals surface area contributed by atoms with Crippen LogP contribution in [0.2, 0.25) is 0 Å². The Morgan fingerprint density at radius 3 is 2.58 bits per heavy atom. The lowest BCUT2D eigenvalue weighted by molar-refractivity contribution is 0.397. The minimum Gasteiger partial charge on any atom is -0.481 e. The fourth-order valence-corrected chi connectivity index (χ4v) is 2.72. The molecule has 0 saturated heterocycles. The first-order valence-electron chi connectivity index (χ1n) is 8.26. The third-order valence-electron chi connectivity index (χ3n) is 4.09. The summed E-state index contributed by atoms with van der Waals surface area (Å²) in [6.07, 6.45) is 9.77. The number of anilines is 1. The van der Waals surface area contributed by atoms with Crippen molar-refractivity contribution in [3.05, 3.63) is 71.9 Å². The van der Waals surface area contributed by atoms with Crippen LogP contribution in [0.1, 0.15) is 16.7 Å². The summed E-state index contributed by atoms with van der Waals surface area (Å²) in [6.45, 7) is 0.654. The van der Waals surface area contributed by atoms with Crippen LogP contribution in [0.25, 0.3) is 11.2 Å². The van der Waals surface area contributed by atoms with Gasteiger partial charge >= 0.3 is 0 Å². The van der Waals surface area contributed by atoms with Gasteiger partial charge in [0.1, 0.15) is 11.3 Å². The van der Waals surface area contributed by atoms with E-state index in [2.05, 4.69) is 36.3 Å². The average Bonchev–Trinajstić information content (AvgIpc) is 3.11. The van der Waals surface area contributed by atoms with Crippen molar-refractivity contribution < 1.29 is 4.74 Å². The third-order valence-corrected chi connectivity index (χ3v) is 4.09. The number of nitrogens with zero attached hydrogens (tertiary/aromatic N) is 4. The average molecular weight is 346 g/mol. The molecule has 4 rings (SSSR count). The Morgan fingerprint density at radius 1 is 0.962 bits per heavy atom. The second-order valence-electron chi connectivity index (χ2n) is 5.86. The second kappa shape index (κ2) is 7.18. The molecule has 0 aromatic carbocycles. The number of aromatic amines is 1. The van der Waals surface area contributed by atoms with Crippen LogP contribution in [0.3, 0.4) is 0 Å². The van der Waals surface area contributed by atoms with Crippen molar-refractivity contribution in [3.8, 4) is 5.88 Å². The van der Waals surface area contributed by atoms with E-state index in [4.69, 9.17) is 4.74 Å². The number of aromatic nitrogens is 5. The van der Waals surface area contributed by atoms with Gasteiger partial charge in [0.05, 0.1) is 7.11 Å². The summed E-state index contributed by atoms with van der Waals surface area (Å²) in [6, 6.07) is 7.87. The summed E-state index contributed by atoms with van der Waals surface area (Å²) in [5, 5.41) is 3.29. The van der Waals surface area contributed by atoms with Crippen molar-refractivity contribution >= 4 is 17.0 Å². The van der Waals surface area contributed by atoms with Gasteiger partial charge in [-0.3, -0.25) is 4.98 Å². The molecule has 0 unspecified atom stereocenters. The van der Waals surface area contributed by atoms with Crippen molar-refractivity contribution in [2.24, 2.45) is 0 Å². The maximum Gasteiger partial charge on any atom is 0.212 e. The molecule has 0 bridgehead atoms. The van der Waals surface area contributed by atoms with Gasteiger partial charge < -0.3 is 15.0 Å². The molecule has 7 nitrogen and oxygen atoms in total. The van der Waals surface area contributed by atoms with E-state index < -0.39 is 0 Å². The first-order valence-corrected chi connectivity index (χ1v) is 8.26. The summed E-state index contributed by atoms with van der Waals surface area (Å²) in [7, 11) is 1.61. The lowest BCUT2D eigenvalue weighted by Crippen LogP contribution is -2.02. The highest BCUT2D eigenvalue weighted by atomic mass is 16.5. The Kier molecular flexibility index (Phi) is 4.42. The minimum atomic E-state index is 0.609. The molecule has 0 atom stereocenters. The monoisotopic (exact) mass is 346 g/mol. The number of nitrogens with one attached hydrogen (secondary N) is 2. The number of pyridine rings is 2. The zero-order valence-corrected chi connectivity index (χ0v) is 14.3. The number of hydrogen-bond acceptors (Lipinski definition) is 6. The normalized spacial score (nSPS) is 10.8. The highest BCUT2D eigenvalue weighted by Gasteiger charge is 2.07. The van der Waals surface area contributed by atoms with Gasteiger partial charge in [-0.2, -0.15) is 0 Å². The molecule has 26 heavy (non-hydrogen) atoms. The third kappa shape index (κ3) is 3.46. The Hall–Kier alpha value is -3.48. The molecular formula is C19H18N6O. The van der Waals surface area contributed by atoms with Crippen molar-refractivity contribution in [2.75, 3.05) is 12.4 Å². The maximum atomic E-state index is 5.06. The molecular weight excluding hydrogens is 328 g/mol. The molecule has 0 amide bonds. The molecule has 2 N–H and O–H groups in total. The molecule has 0 aliphatic heterocycles. The van der Waals surface area contributed by atoms with E-state index in [0.717, 1.165) is 40.1 Å². The maximum absolute atomic E-state index is 5.06. The first kappa shape index (κ1) is 16.0. The Morgan fingerprint density at radius 2 is 1.81 bits per heavy atom. The van der Waals surface area contributed by atoms with Crippen molar-refractivity contribution in [2.45, 2.75) is 13.0 Å². The molecule has 4 aromatic heterocycles. The predicted octanol–water partition coefficient (Wildman–Crippen LogP) is 2.96. The molecule has 0 aliphatic rings. The number of rotatable bonds is 6. The standard InChI is InChI=1S/C19H18N6O/c1-26-17-5-3-14(11-24-17)10-23-16-4-2-13(9-22-16)8-15-12-25-19-18(15)20-6-7-21-19/h2-7,9,11-12H,8,10H2,1H3,(H,21,25)(H,22,23). The second-order valence-corrected chi connectivity index (χ2v) is 5.86. The number of fused-ring (bicyclic) bond motifs is 1. The Labute approximate surface area is 150 Å². The predicted molar refractivity (Wildman–Crippen MR) is 99.0 cm³/mol. The fourth-order valence-electron chi connectivity index (χ4n) is 2.72. The van der Waals surface area contributed by atoms with Crippen LogP contribution < -0.4 is 10.1 Å². The molecule has 0 saturated carbocycles. The van der Waals surface area contributed by atoms with Crippen molar-refractivity contribution in [1.82, 2.24) is 24.9 Å². The summed E-state index contributed by atoms with van der Waals surface area (Å²) in [5.74, 6) is 1.43. The molecule has 0 spiro atoms. The number of H-pyrrole nitrogens is 1. The highest BCUT2D eigenvalue weighted by molar-refractivity contribution is 5.74. The molecule has 0 radical (unpaired) electrons. The van der Waals surface area contributed by atoms with Crippen molar-refractivity contribution in [1.29, 1.82) is 0 Å². The minimum absolute atomic E-state index is 0.609. The summed E-state index contributed by atoms with van der Waals surface area (Å²) >= 11 is 0. The van der Waals surface area contributed by atoms with E-state index in [0.29, 0.717) is 12.4 Å². The molecule has 7 heteroatoms. The zero-order chi connectivity index (χ0) is 17.8. The van der Waals surface area contributed by atoms with E-state index in [9.17, 15) is 0 Å². The summed E-state index contributed by atoms with van der Waals surface area (Å²) < 4.78 is 5.06. The van der Waals surface area contributed by atoms with E-state index in [1.165, 1.54) is 0 Å². The molecule has 0 aliphatic carbocycles. The van der Waals surface area contributed by atoms with Crippen LogP contribution in [0.15, 0.2) is 55.2 Å². The van der Waals surface area contributed by atoms with Crippen molar-refractivity contribution in [3.63, 3.8) is 0 Å². The Balaban J connectivity index is 1.40. The summed E-state index contributed by atoms with van der Waals surface area (Å²) in [4.78, 5) is 20.5. The summed E-state index contributed by atoms with van der Waals surface area (Å²) in [5.41, 5.74) is 5.01. The highest BCUT2D eigenvalue weighted by Crippen LogP contribution is 2.18. The van der Waals surface area contributed by atoms with E-state index >= 15 is 0 Å². The molecule has 130 valence electrons. The van der Waals surface area contributed by atoms with Crippen LogP contribution in [-0.2, 0) is 13.0 Å². The van der Waals surface area contributed by atoms with Crippen LogP contribution in [0, 0.1) is 0 Å². The quantitative estimate of drug-likeness (QED) is 0.558. The number of ether oxygens (including phenoxy) is 1. The van der Waals surface area contributed by atoms with Gasteiger partial charge in [0.25, 0.3) is 0 Å². The van der Waals surface area contributed by atoms with Gasteiger partial charge in [0, 0.05) is 55.6 Å². The van der Waals surface area contributed by atoms with E-state index in [-0.39, 0.29) is 0 Å². The van der Waals surface area contributed by atoms with Crippen LogP contribution in [-0.4, -0.2) is 32.0 Å². The van der Waals surface area contributed by atoms with Gasteiger partial charge in [-0.05, 0) is 17.2 Å². The molecule has 4 aromatic rings. The lowest BCUT2D eigenvalue weighted by Gasteiger charge is -2.07.